The van der Waals surface area contributed by atoms with E-state index >= 15 is 0 Å². The molecule has 5 nitrogen and oxygen atoms in total. The highest BCUT2D eigenvalue weighted by Gasteiger charge is 2.17. The fourth-order valence-electron chi connectivity index (χ4n) is 1.93. The van der Waals surface area contributed by atoms with E-state index in [1.807, 2.05) is 26.0 Å². The van der Waals surface area contributed by atoms with Crippen LogP contribution in [0.5, 0.6) is 5.75 Å². The molecule has 1 aromatic rings. The predicted molar refractivity (Wildman–Crippen MR) is 83.3 cm³/mol. The Kier molecular flexibility index (Phi) is 7.02. The number of aliphatic hydroxyl groups is 1. The number of hydrogen-bond acceptors (Lipinski definition) is 3. The first-order chi connectivity index (χ1) is 9.93. The molecule has 0 saturated heterocycles. The maximum atomic E-state index is 11.6. The van der Waals surface area contributed by atoms with Gasteiger partial charge in [-0.25, -0.2) is 4.79 Å². The van der Waals surface area contributed by atoms with Crippen LogP contribution in [0, 0.1) is 5.41 Å². The standard InChI is InChI=1S/C16H26N2O3/c1-16(2,9-11-19)12-18-15(21)17-10-3-4-13-5-7-14(20)8-6-13/h5-8,19-20H,3-4,9-12H2,1-2H3,(H2,17,18,21). The third-order valence-corrected chi connectivity index (χ3v) is 3.38. The summed E-state index contributed by atoms with van der Waals surface area (Å²) in [6.45, 7) is 5.29. The van der Waals surface area contributed by atoms with Crippen molar-refractivity contribution >= 4 is 6.03 Å². The molecule has 0 aliphatic rings. The first-order valence-electron chi connectivity index (χ1n) is 7.33. The first-order valence-corrected chi connectivity index (χ1v) is 7.33. The molecule has 0 radical (unpaired) electrons. The Labute approximate surface area is 126 Å². The minimum Gasteiger partial charge on any atom is -0.508 e. The molecule has 0 aliphatic heterocycles. The zero-order valence-corrected chi connectivity index (χ0v) is 12.9. The fourth-order valence-corrected chi connectivity index (χ4v) is 1.93. The quantitative estimate of drug-likeness (QED) is 0.554. The van der Waals surface area contributed by atoms with E-state index in [2.05, 4.69) is 10.6 Å². The molecule has 0 bridgehead atoms. The van der Waals surface area contributed by atoms with Gasteiger partial charge in [-0.2, -0.15) is 0 Å². The average molecular weight is 294 g/mol. The van der Waals surface area contributed by atoms with E-state index in [1.165, 1.54) is 0 Å². The molecular weight excluding hydrogens is 268 g/mol. The number of nitrogens with one attached hydrogen (secondary N) is 2. The lowest BCUT2D eigenvalue weighted by Gasteiger charge is -2.23. The Balaban J connectivity index is 2.15. The summed E-state index contributed by atoms with van der Waals surface area (Å²) >= 11 is 0. The molecule has 4 N–H and O–H groups in total. The second kappa shape index (κ2) is 8.52. The lowest BCUT2D eigenvalue weighted by molar-refractivity contribution is 0.201. The molecule has 0 aromatic heterocycles. The van der Waals surface area contributed by atoms with Gasteiger partial charge in [-0.1, -0.05) is 26.0 Å². The number of hydrogen-bond donors (Lipinski definition) is 4. The first kappa shape index (κ1) is 17.3. The number of urea groups is 1. The van der Waals surface area contributed by atoms with Crippen LogP contribution in [-0.4, -0.2) is 35.9 Å². The van der Waals surface area contributed by atoms with E-state index < -0.39 is 0 Å². The molecule has 0 saturated carbocycles. The molecule has 0 heterocycles. The Hall–Kier alpha value is -1.75. The zero-order chi connectivity index (χ0) is 15.7. The van der Waals surface area contributed by atoms with Crippen molar-refractivity contribution in [3.05, 3.63) is 29.8 Å². The fraction of sp³-hybridized carbons (Fsp3) is 0.562. The van der Waals surface area contributed by atoms with Crippen molar-refractivity contribution < 1.29 is 15.0 Å². The predicted octanol–water partition coefficient (Wildman–Crippen LogP) is 2.03. The Morgan fingerprint density at radius 2 is 1.86 bits per heavy atom. The Bertz CT molecular complexity index is 430. The smallest absolute Gasteiger partial charge is 0.314 e. The van der Waals surface area contributed by atoms with E-state index in [0.717, 1.165) is 18.4 Å². The van der Waals surface area contributed by atoms with Crippen LogP contribution in [0.15, 0.2) is 24.3 Å². The van der Waals surface area contributed by atoms with Crippen LogP contribution in [0.2, 0.25) is 0 Å². The van der Waals surface area contributed by atoms with Gasteiger partial charge in [-0.3, -0.25) is 0 Å². The Morgan fingerprint density at radius 1 is 1.19 bits per heavy atom. The summed E-state index contributed by atoms with van der Waals surface area (Å²) in [7, 11) is 0. The van der Waals surface area contributed by atoms with Crippen molar-refractivity contribution in [1.29, 1.82) is 0 Å². The summed E-state index contributed by atoms with van der Waals surface area (Å²) in [5.74, 6) is 0.266. The summed E-state index contributed by atoms with van der Waals surface area (Å²) in [5.41, 5.74) is 1.04. The minimum atomic E-state index is -0.174. The van der Waals surface area contributed by atoms with Gasteiger partial charge in [0, 0.05) is 19.7 Å². The highest BCUT2D eigenvalue weighted by molar-refractivity contribution is 5.73. The highest BCUT2D eigenvalue weighted by atomic mass is 16.3. The number of carbonyl (C=O) groups is 1. The molecular formula is C16H26N2O3. The van der Waals surface area contributed by atoms with E-state index in [4.69, 9.17) is 5.11 Å². The molecule has 2 amide bonds. The molecule has 1 aromatic carbocycles. The summed E-state index contributed by atoms with van der Waals surface area (Å²) in [4.78, 5) is 11.6. The lowest BCUT2D eigenvalue weighted by atomic mass is 9.90. The van der Waals surface area contributed by atoms with Crippen molar-refractivity contribution in [1.82, 2.24) is 10.6 Å². The van der Waals surface area contributed by atoms with Gasteiger partial charge in [0.2, 0.25) is 0 Å². The van der Waals surface area contributed by atoms with E-state index in [-0.39, 0.29) is 23.8 Å². The number of carbonyl (C=O) groups excluding carboxylic acids is 1. The third kappa shape index (κ3) is 7.56. The molecule has 21 heavy (non-hydrogen) atoms. The second-order valence-corrected chi connectivity index (χ2v) is 6.02. The van der Waals surface area contributed by atoms with Crippen LogP contribution in [0.25, 0.3) is 0 Å². The molecule has 0 fully saturated rings. The van der Waals surface area contributed by atoms with Crippen LogP contribution >= 0.6 is 0 Å². The van der Waals surface area contributed by atoms with Crippen molar-refractivity contribution in [3.8, 4) is 5.75 Å². The number of aliphatic hydroxyl groups excluding tert-OH is 1. The number of benzene rings is 1. The molecule has 118 valence electrons. The highest BCUT2D eigenvalue weighted by Crippen LogP contribution is 2.17. The summed E-state index contributed by atoms with van der Waals surface area (Å²) in [5, 5.41) is 23.7. The molecule has 1 rings (SSSR count). The maximum absolute atomic E-state index is 11.6. The number of rotatable bonds is 8. The summed E-state index contributed by atoms with van der Waals surface area (Å²) in [6, 6.07) is 6.92. The Morgan fingerprint density at radius 3 is 2.48 bits per heavy atom. The maximum Gasteiger partial charge on any atom is 0.314 e. The number of aryl methyl sites for hydroxylation is 1. The van der Waals surface area contributed by atoms with Gasteiger partial charge in [0.15, 0.2) is 0 Å². The minimum absolute atomic E-state index is 0.0991. The van der Waals surface area contributed by atoms with E-state index in [9.17, 15) is 9.90 Å². The molecule has 0 aliphatic carbocycles. The van der Waals surface area contributed by atoms with Gasteiger partial charge < -0.3 is 20.8 Å². The van der Waals surface area contributed by atoms with E-state index in [1.54, 1.807) is 12.1 Å². The average Bonchev–Trinajstić information content (AvgIpc) is 2.43. The monoisotopic (exact) mass is 294 g/mol. The lowest BCUT2D eigenvalue weighted by Crippen LogP contribution is -2.41. The zero-order valence-electron chi connectivity index (χ0n) is 12.9. The molecule has 0 atom stereocenters. The number of phenols is 1. The van der Waals surface area contributed by atoms with Crippen molar-refractivity contribution in [2.24, 2.45) is 5.41 Å². The number of phenolic OH excluding ortho intramolecular Hbond substituents is 1. The van der Waals surface area contributed by atoms with Crippen LogP contribution in [0.3, 0.4) is 0 Å². The normalized spacial score (nSPS) is 11.2. The van der Waals surface area contributed by atoms with Crippen LogP contribution < -0.4 is 10.6 Å². The number of amides is 2. The van der Waals surface area contributed by atoms with Crippen molar-refractivity contribution in [2.75, 3.05) is 19.7 Å². The van der Waals surface area contributed by atoms with Gasteiger partial charge in [0.1, 0.15) is 5.75 Å². The number of aromatic hydroxyl groups is 1. The van der Waals surface area contributed by atoms with E-state index in [0.29, 0.717) is 19.5 Å². The van der Waals surface area contributed by atoms with Crippen LogP contribution in [-0.2, 0) is 6.42 Å². The third-order valence-electron chi connectivity index (χ3n) is 3.38. The van der Waals surface area contributed by atoms with Gasteiger partial charge >= 0.3 is 6.03 Å². The summed E-state index contributed by atoms with van der Waals surface area (Å²) < 4.78 is 0. The van der Waals surface area contributed by atoms with Gasteiger partial charge in [-0.15, -0.1) is 0 Å². The van der Waals surface area contributed by atoms with Gasteiger partial charge in [-0.05, 0) is 42.4 Å². The molecule has 5 heteroatoms. The van der Waals surface area contributed by atoms with Crippen LogP contribution in [0.4, 0.5) is 4.79 Å². The topological polar surface area (TPSA) is 81.6 Å². The molecule has 0 unspecified atom stereocenters. The second-order valence-electron chi connectivity index (χ2n) is 6.02. The van der Waals surface area contributed by atoms with Crippen molar-refractivity contribution in [3.63, 3.8) is 0 Å². The van der Waals surface area contributed by atoms with Gasteiger partial charge in [0.25, 0.3) is 0 Å². The summed E-state index contributed by atoms with van der Waals surface area (Å²) in [6.07, 6.45) is 2.36. The van der Waals surface area contributed by atoms with Crippen molar-refractivity contribution in [2.45, 2.75) is 33.1 Å². The van der Waals surface area contributed by atoms with Crippen LogP contribution in [0.1, 0.15) is 32.3 Å². The largest absolute Gasteiger partial charge is 0.508 e. The van der Waals surface area contributed by atoms with Gasteiger partial charge in [0.05, 0.1) is 0 Å². The molecule has 0 spiro atoms. The SMILES string of the molecule is CC(C)(CCO)CNC(=O)NCCCc1ccc(O)cc1.